The molecule has 2 heterocycles. The van der Waals surface area contributed by atoms with Gasteiger partial charge in [0.25, 0.3) is 0 Å². The molecule has 0 saturated carbocycles. The first-order valence-electron chi connectivity index (χ1n) is 9.50. The largest absolute Gasteiger partial charge is 0.370 e. The van der Waals surface area contributed by atoms with Crippen molar-refractivity contribution in [3.63, 3.8) is 0 Å². The van der Waals surface area contributed by atoms with Crippen LogP contribution in [-0.2, 0) is 6.42 Å². The van der Waals surface area contributed by atoms with Gasteiger partial charge in [0.15, 0.2) is 0 Å². The molecular formula is C23H19Cl2N3. The van der Waals surface area contributed by atoms with Gasteiger partial charge in [0.1, 0.15) is 5.82 Å². The fraction of sp³-hybridized carbons (Fsp3) is 0.174. The number of rotatable bonds is 2. The Morgan fingerprint density at radius 3 is 2.46 bits per heavy atom. The van der Waals surface area contributed by atoms with Crippen LogP contribution in [0.1, 0.15) is 18.4 Å². The first kappa shape index (κ1) is 17.6. The van der Waals surface area contributed by atoms with Crippen LogP contribution in [0.5, 0.6) is 0 Å². The van der Waals surface area contributed by atoms with E-state index in [1.54, 1.807) is 6.07 Å². The van der Waals surface area contributed by atoms with Crippen LogP contribution in [0.15, 0.2) is 60.7 Å². The zero-order valence-electron chi connectivity index (χ0n) is 15.3. The van der Waals surface area contributed by atoms with Crippen molar-refractivity contribution in [2.24, 2.45) is 0 Å². The molecule has 0 radical (unpaired) electrons. The molecule has 28 heavy (non-hydrogen) atoms. The van der Waals surface area contributed by atoms with Crippen LogP contribution >= 0.6 is 23.2 Å². The Kier molecular flexibility index (Phi) is 4.50. The second kappa shape index (κ2) is 7.16. The molecule has 1 aromatic heterocycles. The van der Waals surface area contributed by atoms with Crippen molar-refractivity contribution in [1.82, 2.24) is 9.78 Å². The molecule has 4 aromatic rings. The van der Waals surface area contributed by atoms with E-state index in [9.17, 15) is 0 Å². The summed E-state index contributed by atoms with van der Waals surface area (Å²) < 4.78 is 1.95. The van der Waals surface area contributed by atoms with Gasteiger partial charge in [-0.25, -0.2) is 4.68 Å². The fourth-order valence-corrected chi connectivity index (χ4v) is 4.43. The van der Waals surface area contributed by atoms with E-state index in [-0.39, 0.29) is 0 Å². The minimum absolute atomic E-state index is 0.604. The van der Waals surface area contributed by atoms with Gasteiger partial charge in [-0.05, 0) is 54.3 Å². The summed E-state index contributed by atoms with van der Waals surface area (Å²) in [7, 11) is 0. The molecule has 0 amide bonds. The number of halogens is 2. The molecule has 1 aliphatic heterocycles. The predicted octanol–water partition coefficient (Wildman–Crippen LogP) is 6.75. The lowest BCUT2D eigenvalue weighted by Crippen LogP contribution is -2.07. The van der Waals surface area contributed by atoms with Gasteiger partial charge in [-0.3, -0.25) is 0 Å². The highest BCUT2D eigenvalue weighted by atomic mass is 35.5. The number of benzene rings is 3. The maximum atomic E-state index is 6.26. The Bertz CT molecular complexity index is 1160. The third-order valence-corrected chi connectivity index (χ3v) is 5.68. The van der Waals surface area contributed by atoms with Crippen molar-refractivity contribution in [2.45, 2.75) is 19.3 Å². The van der Waals surface area contributed by atoms with Gasteiger partial charge in [-0.2, -0.15) is 5.10 Å². The molecule has 0 atom stereocenters. The molecule has 0 bridgehead atoms. The van der Waals surface area contributed by atoms with Crippen LogP contribution in [-0.4, -0.2) is 16.3 Å². The number of hydrogen-bond acceptors (Lipinski definition) is 2. The molecule has 0 fully saturated rings. The number of hydrogen-bond donors (Lipinski definition) is 1. The normalized spacial score (nSPS) is 13.8. The van der Waals surface area contributed by atoms with Crippen molar-refractivity contribution in [2.75, 3.05) is 11.9 Å². The van der Waals surface area contributed by atoms with Crippen LogP contribution in [0.25, 0.3) is 27.7 Å². The van der Waals surface area contributed by atoms with Gasteiger partial charge < -0.3 is 5.32 Å². The molecule has 1 N–H and O–H groups in total. The summed E-state index contributed by atoms with van der Waals surface area (Å²) in [4.78, 5) is 0. The van der Waals surface area contributed by atoms with E-state index >= 15 is 0 Å². The summed E-state index contributed by atoms with van der Waals surface area (Å²) in [5, 5.41) is 12.2. The van der Waals surface area contributed by atoms with Gasteiger partial charge in [0, 0.05) is 27.7 Å². The van der Waals surface area contributed by atoms with E-state index < -0.39 is 0 Å². The molecule has 5 heteroatoms. The number of nitrogens with zero attached hydrogens (tertiary/aromatic N) is 2. The lowest BCUT2D eigenvalue weighted by molar-refractivity contribution is 0.780. The van der Waals surface area contributed by atoms with Gasteiger partial charge in [-0.15, -0.1) is 0 Å². The van der Waals surface area contributed by atoms with Gasteiger partial charge in [0.2, 0.25) is 0 Å². The molecule has 3 nitrogen and oxygen atoms in total. The van der Waals surface area contributed by atoms with Gasteiger partial charge >= 0.3 is 0 Å². The maximum Gasteiger partial charge on any atom is 0.133 e. The molecule has 3 aromatic carbocycles. The van der Waals surface area contributed by atoms with E-state index in [0.717, 1.165) is 48.6 Å². The molecule has 0 saturated heterocycles. The Morgan fingerprint density at radius 2 is 1.64 bits per heavy atom. The van der Waals surface area contributed by atoms with Crippen LogP contribution in [0.2, 0.25) is 10.0 Å². The van der Waals surface area contributed by atoms with E-state index in [1.807, 2.05) is 16.8 Å². The Labute approximate surface area is 173 Å². The monoisotopic (exact) mass is 407 g/mol. The Morgan fingerprint density at radius 1 is 0.857 bits per heavy atom. The third kappa shape index (κ3) is 3.15. The number of anilines is 1. The summed E-state index contributed by atoms with van der Waals surface area (Å²) in [6, 6.07) is 20.5. The van der Waals surface area contributed by atoms with E-state index in [4.69, 9.17) is 28.3 Å². The van der Waals surface area contributed by atoms with Crippen molar-refractivity contribution in [1.29, 1.82) is 0 Å². The minimum Gasteiger partial charge on any atom is -0.370 e. The lowest BCUT2D eigenvalue weighted by atomic mass is 10.0. The maximum absolute atomic E-state index is 6.26. The number of aromatic nitrogens is 2. The summed E-state index contributed by atoms with van der Waals surface area (Å²) in [6.07, 6.45) is 3.28. The molecule has 140 valence electrons. The average molecular weight is 408 g/mol. The fourth-order valence-electron chi connectivity index (χ4n) is 3.92. The highest BCUT2D eigenvalue weighted by Gasteiger charge is 2.22. The standard InChI is InChI=1S/C23H19Cl2N3/c24-18-12-19(25)14-20(13-18)28-23-21(7-3-4-10-26-23)22(27-28)17-9-8-15-5-1-2-6-16(15)11-17/h1-2,5-6,8-9,11-14,26H,3-4,7,10H2. The molecule has 0 spiro atoms. The summed E-state index contributed by atoms with van der Waals surface area (Å²) >= 11 is 12.5. The van der Waals surface area contributed by atoms with Crippen molar-refractivity contribution in [3.05, 3.63) is 76.3 Å². The van der Waals surface area contributed by atoms with Crippen LogP contribution in [0.3, 0.4) is 0 Å². The van der Waals surface area contributed by atoms with Gasteiger partial charge in [0.05, 0.1) is 11.4 Å². The molecule has 1 aliphatic rings. The van der Waals surface area contributed by atoms with Crippen molar-refractivity contribution in [3.8, 4) is 16.9 Å². The van der Waals surface area contributed by atoms with Crippen molar-refractivity contribution < 1.29 is 0 Å². The highest BCUT2D eigenvalue weighted by Crippen LogP contribution is 2.36. The first-order chi connectivity index (χ1) is 13.7. The zero-order chi connectivity index (χ0) is 19.1. The van der Waals surface area contributed by atoms with E-state index in [0.29, 0.717) is 10.0 Å². The van der Waals surface area contributed by atoms with Gasteiger partial charge in [-0.1, -0.05) is 59.6 Å². The topological polar surface area (TPSA) is 29.9 Å². The zero-order valence-corrected chi connectivity index (χ0v) is 16.8. The van der Waals surface area contributed by atoms with E-state index in [1.165, 1.54) is 16.3 Å². The predicted molar refractivity (Wildman–Crippen MR) is 118 cm³/mol. The lowest BCUT2D eigenvalue weighted by Gasteiger charge is -2.10. The Balaban J connectivity index is 1.72. The smallest absolute Gasteiger partial charge is 0.133 e. The molecular weight excluding hydrogens is 389 g/mol. The highest BCUT2D eigenvalue weighted by molar-refractivity contribution is 6.34. The minimum atomic E-state index is 0.604. The van der Waals surface area contributed by atoms with Crippen LogP contribution in [0.4, 0.5) is 5.82 Å². The molecule has 0 unspecified atom stereocenters. The SMILES string of the molecule is Clc1cc(Cl)cc(-n2nc(-c3ccc4ccccc4c3)c3c2NCCCC3)c1. The van der Waals surface area contributed by atoms with Crippen LogP contribution in [0, 0.1) is 0 Å². The summed E-state index contributed by atoms with van der Waals surface area (Å²) in [6.45, 7) is 0.935. The van der Waals surface area contributed by atoms with E-state index in [2.05, 4.69) is 47.8 Å². The molecule has 5 rings (SSSR count). The summed E-state index contributed by atoms with van der Waals surface area (Å²) in [5.74, 6) is 1.04. The molecule has 0 aliphatic carbocycles. The summed E-state index contributed by atoms with van der Waals surface area (Å²) in [5.41, 5.74) is 4.27. The number of fused-ring (bicyclic) bond motifs is 2. The third-order valence-electron chi connectivity index (χ3n) is 5.24. The quantitative estimate of drug-likeness (QED) is 0.398. The number of nitrogens with one attached hydrogen (secondary N) is 1. The second-order valence-corrected chi connectivity index (χ2v) is 8.03. The second-order valence-electron chi connectivity index (χ2n) is 7.16. The average Bonchev–Trinajstić information content (AvgIpc) is 2.88. The Hall–Kier alpha value is -2.49. The van der Waals surface area contributed by atoms with Crippen LogP contribution < -0.4 is 5.32 Å². The van der Waals surface area contributed by atoms with Crippen molar-refractivity contribution >= 4 is 39.8 Å². The first-order valence-corrected chi connectivity index (χ1v) is 10.3.